The van der Waals surface area contributed by atoms with Gasteiger partial charge in [-0.05, 0) is 0 Å². The lowest BCUT2D eigenvalue weighted by atomic mass is 10.2. The third-order valence-electron chi connectivity index (χ3n) is 2.38. The second-order valence-electron chi connectivity index (χ2n) is 3.25. The Hall–Kier alpha value is -1.43. The summed E-state index contributed by atoms with van der Waals surface area (Å²) in [5.74, 6) is 2.36. The van der Waals surface area contributed by atoms with Crippen LogP contribution in [-0.4, -0.2) is 26.6 Å². The monoisotopic (exact) mass is 242 g/mol. The molecular weight excluding hydrogens is 228 g/mol. The first-order chi connectivity index (χ1) is 7.70. The summed E-state index contributed by atoms with van der Waals surface area (Å²) < 4.78 is 15.9. The zero-order chi connectivity index (χ0) is 11.7. The van der Waals surface area contributed by atoms with Gasteiger partial charge in [-0.2, -0.15) is 0 Å². The topological polar surface area (TPSA) is 79.7 Å². The fourth-order valence-corrected chi connectivity index (χ4v) is 2.59. The molecular formula is C10H14N2O3S. The van der Waals surface area contributed by atoms with Gasteiger partial charge >= 0.3 is 0 Å². The molecule has 4 N–H and O–H groups in total. The molecule has 0 bridgehead atoms. The quantitative estimate of drug-likeness (QED) is 0.762. The molecule has 1 aliphatic heterocycles. The summed E-state index contributed by atoms with van der Waals surface area (Å²) in [6.45, 7) is 0.622. The molecule has 1 heterocycles. The lowest BCUT2D eigenvalue weighted by molar-refractivity contribution is 0.322. The molecule has 0 fully saturated rings. The maximum atomic E-state index is 6.00. The molecule has 0 aliphatic carbocycles. The predicted octanol–water partition coefficient (Wildman–Crippen LogP) is 1.35. The number of fused-ring (bicyclic) bond motifs is 1. The Kier molecular flexibility index (Phi) is 2.91. The van der Waals surface area contributed by atoms with Crippen molar-refractivity contribution in [3.05, 3.63) is 0 Å². The Bertz CT molecular complexity index is 367. The van der Waals surface area contributed by atoms with Gasteiger partial charge in [-0.3, -0.25) is 0 Å². The Morgan fingerprint density at radius 1 is 1.12 bits per heavy atom. The van der Waals surface area contributed by atoms with E-state index in [1.807, 2.05) is 0 Å². The molecule has 0 amide bonds. The van der Waals surface area contributed by atoms with Crippen LogP contribution in [0.5, 0.6) is 17.2 Å². The van der Waals surface area contributed by atoms with Crippen LogP contribution in [0.25, 0.3) is 0 Å². The largest absolute Gasteiger partial charge is 0.491 e. The van der Waals surface area contributed by atoms with Crippen molar-refractivity contribution >= 4 is 23.1 Å². The minimum atomic E-state index is 0.432. The van der Waals surface area contributed by atoms with E-state index >= 15 is 0 Å². The van der Waals surface area contributed by atoms with E-state index in [-0.39, 0.29) is 0 Å². The first kappa shape index (κ1) is 11.1. The first-order valence-electron chi connectivity index (χ1n) is 4.79. The molecule has 6 heteroatoms. The summed E-state index contributed by atoms with van der Waals surface area (Å²) >= 11 is 1.61. The lowest BCUT2D eigenvalue weighted by Gasteiger charge is -2.23. The zero-order valence-electron chi connectivity index (χ0n) is 9.20. The molecule has 0 saturated carbocycles. The number of anilines is 2. The highest BCUT2D eigenvalue weighted by Gasteiger charge is 2.26. The second kappa shape index (κ2) is 4.21. The fraction of sp³-hybridized carbons (Fsp3) is 0.400. The number of nitrogen functional groups attached to an aromatic ring is 2. The van der Waals surface area contributed by atoms with E-state index in [1.54, 1.807) is 11.8 Å². The molecule has 1 aromatic rings. The van der Waals surface area contributed by atoms with Crippen molar-refractivity contribution in [2.45, 2.75) is 4.90 Å². The van der Waals surface area contributed by atoms with Gasteiger partial charge in [0.15, 0.2) is 17.2 Å². The van der Waals surface area contributed by atoms with E-state index in [1.165, 1.54) is 14.2 Å². The number of hydrogen-bond donors (Lipinski definition) is 2. The molecule has 0 aromatic heterocycles. The lowest BCUT2D eigenvalue weighted by Crippen LogP contribution is -2.12. The first-order valence-corrected chi connectivity index (χ1v) is 5.77. The minimum Gasteiger partial charge on any atom is -0.491 e. The zero-order valence-corrected chi connectivity index (χ0v) is 10.0. The Balaban J connectivity index is 2.69. The van der Waals surface area contributed by atoms with Crippen molar-refractivity contribution in [3.8, 4) is 17.2 Å². The summed E-state index contributed by atoms with van der Waals surface area (Å²) in [5.41, 5.74) is 12.9. The molecule has 0 saturated heterocycles. The molecule has 16 heavy (non-hydrogen) atoms. The van der Waals surface area contributed by atoms with Gasteiger partial charge < -0.3 is 25.7 Å². The smallest absolute Gasteiger partial charge is 0.189 e. The van der Waals surface area contributed by atoms with Gasteiger partial charge in [0.05, 0.1) is 31.4 Å². The Labute approximate surface area is 98.0 Å². The van der Waals surface area contributed by atoms with Gasteiger partial charge in [0.1, 0.15) is 5.69 Å². The van der Waals surface area contributed by atoms with Gasteiger partial charge in [-0.1, -0.05) is 0 Å². The van der Waals surface area contributed by atoms with Gasteiger partial charge in [-0.25, -0.2) is 0 Å². The highest BCUT2D eigenvalue weighted by Crippen LogP contribution is 2.52. The molecule has 0 unspecified atom stereocenters. The number of nitrogens with two attached hydrogens (primary N) is 2. The van der Waals surface area contributed by atoms with E-state index in [2.05, 4.69) is 0 Å². The van der Waals surface area contributed by atoms with Crippen LogP contribution in [0.1, 0.15) is 0 Å². The second-order valence-corrected chi connectivity index (χ2v) is 4.35. The summed E-state index contributed by atoms with van der Waals surface area (Å²) in [5, 5.41) is 0. The number of thioether (sulfide) groups is 1. The van der Waals surface area contributed by atoms with Crippen LogP contribution in [0, 0.1) is 0 Å². The highest BCUT2D eigenvalue weighted by molar-refractivity contribution is 7.99. The van der Waals surface area contributed by atoms with Crippen molar-refractivity contribution in [2.24, 2.45) is 0 Å². The van der Waals surface area contributed by atoms with Gasteiger partial charge in [-0.15, -0.1) is 11.8 Å². The molecule has 5 nitrogen and oxygen atoms in total. The molecule has 1 aromatic carbocycles. The van der Waals surface area contributed by atoms with Crippen LogP contribution in [0.15, 0.2) is 4.90 Å². The standard InChI is InChI=1S/C10H14N2O3S/c1-13-7-5(11)9-10(16-4-3-15-9)6(12)8(7)14-2/h3-4,11-12H2,1-2H3. The Morgan fingerprint density at radius 3 is 2.38 bits per heavy atom. The third kappa shape index (κ3) is 1.49. The SMILES string of the molecule is COc1c(N)c2c(c(N)c1OC)SCCO2. The average molecular weight is 242 g/mol. The van der Waals surface area contributed by atoms with Crippen LogP contribution in [0.2, 0.25) is 0 Å². The van der Waals surface area contributed by atoms with E-state index in [9.17, 15) is 0 Å². The fourth-order valence-electron chi connectivity index (χ4n) is 1.67. The van der Waals surface area contributed by atoms with Gasteiger partial charge in [0.2, 0.25) is 0 Å². The highest BCUT2D eigenvalue weighted by atomic mass is 32.2. The van der Waals surface area contributed by atoms with Crippen molar-refractivity contribution in [1.29, 1.82) is 0 Å². The van der Waals surface area contributed by atoms with Crippen LogP contribution in [0.4, 0.5) is 11.4 Å². The van der Waals surface area contributed by atoms with Crippen molar-refractivity contribution in [1.82, 2.24) is 0 Å². The van der Waals surface area contributed by atoms with Crippen LogP contribution >= 0.6 is 11.8 Å². The number of hydrogen-bond acceptors (Lipinski definition) is 6. The number of rotatable bonds is 2. The molecule has 0 atom stereocenters. The average Bonchev–Trinajstić information content (AvgIpc) is 2.33. The van der Waals surface area contributed by atoms with Crippen LogP contribution in [-0.2, 0) is 0 Å². The van der Waals surface area contributed by atoms with E-state index in [0.29, 0.717) is 35.2 Å². The Morgan fingerprint density at radius 2 is 1.75 bits per heavy atom. The van der Waals surface area contributed by atoms with Gasteiger partial charge in [0, 0.05) is 5.75 Å². The minimum absolute atomic E-state index is 0.432. The maximum Gasteiger partial charge on any atom is 0.189 e. The summed E-state index contributed by atoms with van der Waals surface area (Å²) in [4.78, 5) is 0.835. The van der Waals surface area contributed by atoms with Crippen LogP contribution in [0.3, 0.4) is 0 Å². The summed E-state index contributed by atoms with van der Waals surface area (Å²) in [6, 6.07) is 0. The molecule has 0 radical (unpaired) electrons. The number of methoxy groups -OCH3 is 2. The molecule has 0 spiro atoms. The molecule has 88 valence electrons. The van der Waals surface area contributed by atoms with E-state index in [0.717, 1.165) is 10.6 Å². The van der Waals surface area contributed by atoms with Crippen LogP contribution < -0.4 is 25.7 Å². The predicted molar refractivity (Wildman–Crippen MR) is 64.6 cm³/mol. The normalized spacial score (nSPS) is 13.9. The van der Waals surface area contributed by atoms with E-state index < -0.39 is 0 Å². The maximum absolute atomic E-state index is 6.00. The van der Waals surface area contributed by atoms with E-state index in [4.69, 9.17) is 25.7 Å². The number of ether oxygens (including phenoxy) is 3. The summed E-state index contributed by atoms with van der Waals surface area (Å²) in [6.07, 6.45) is 0. The van der Waals surface area contributed by atoms with Gasteiger partial charge in [0.25, 0.3) is 0 Å². The third-order valence-corrected chi connectivity index (χ3v) is 3.44. The molecule has 1 aliphatic rings. The van der Waals surface area contributed by atoms with Crippen molar-refractivity contribution in [2.75, 3.05) is 38.0 Å². The van der Waals surface area contributed by atoms with Crippen molar-refractivity contribution in [3.63, 3.8) is 0 Å². The summed E-state index contributed by atoms with van der Waals surface area (Å²) in [7, 11) is 3.06. The van der Waals surface area contributed by atoms with Crippen molar-refractivity contribution < 1.29 is 14.2 Å². The molecule has 2 rings (SSSR count). The number of benzene rings is 1.